The van der Waals surface area contributed by atoms with E-state index in [1.807, 2.05) is 43.3 Å². The van der Waals surface area contributed by atoms with Gasteiger partial charge < -0.3 is 5.73 Å². The molecule has 0 aliphatic heterocycles. The number of thiophene rings is 1. The summed E-state index contributed by atoms with van der Waals surface area (Å²) in [5.41, 5.74) is 6.31. The van der Waals surface area contributed by atoms with Crippen molar-refractivity contribution in [3.8, 4) is 0 Å². The summed E-state index contributed by atoms with van der Waals surface area (Å²) in [6.07, 6.45) is 0. The normalized spacial score (nSPS) is 12.9. The van der Waals surface area contributed by atoms with Crippen molar-refractivity contribution in [2.24, 2.45) is 5.73 Å². The lowest BCUT2D eigenvalue weighted by Gasteiger charge is -2.07. The van der Waals surface area contributed by atoms with Crippen LogP contribution < -0.4 is 5.73 Å². The van der Waals surface area contributed by atoms with Crippen LogP contribution >= 0.6 is 22.9 Å². The molecule has 1 heterocycles. The van der Waals surface area contributed by atoms with Gasteiger partial charge in [-0.2, -0.15) is 0 Å². The van der Waals surface area contributed by atoms with E-state index in [4.69, 9.17) is 17.3 Å². The van der Waals surface area contributed by atoms with E-state index in [0.29, 0.717) is 0 Å². The molecule has 1 aromatic heterocycles. The molecule has 0 fully saturated rings. The van der Waals surface area contributed by atoms with Gasteiger partial charge in [0.1, 0.15) is 0 Å². The fourth-order valence-electron chi connectivity index (χ4n) is 2.20. The Balaban J connectivity index is 2.24. The van der Waals surface area contributed by atoms with E-state index < -0.39 is 0 Å². The smallest absolute Gasteiger partial charge is 0.224 e. The lowest BCUT2D eigenvalue weighted by molar-refractivity contribution is -0.119. The Morgan fingerprint density at radius 2 is 1.95 bits per heavy atom. The largest absolute Gasteiger partial charge is 0.369 e. The zero-order valence-electron chi connectivity index (χ0n) is 10.3. The topological polar surface area (TPSA) is 43.1 Å². The Labute approximate surface area is 119 Å². The minimum atomic E-state index is -0.302. The van der Waals surface area contributed by atoms with Crippen LogP contribution in [-0.4, -0.2) is 5.91 Å². The highest BCUT2D eigenvalue weighted by Crippen LogP contribution is 2.36. The molecule has 2 aromatic carbocycles. The lowest BCUT2D eigenvalue weighted by Crippen LogP contribution is -2.18. The molecule has 0 saturated heterocycles. The number of nitrogens with two attached hydrogens (primary N) is 1. The van der Waals surface area contributed by atoms with Crippen molar-refractivity contribution in [1.29, 1.82) is 0 Å². The highest BCUT2D eigenvalue weighted by atomic mass is 35.5. The predicted octanol–water partition coefficient (Wildman–Crippen LogP) is 4.30. The van der Waals surface area contributed by atoms with Crippen molar-refractivity contribution >= 4 is 49.0 Å². The Hall–Kier alpha value is -1.58. The minimum Gasteiger partial charge on any atom is -0.369 e. The van der Waals surface area contributed by atoms with Crippen LogP contribution in [0.4, 0.5) is 0 Å². The van der Waals surface area contributed by atoms with Crippen molar-refractivity contribution in [1.82, 2.24) is 0 Å². The molecule has 1 unspecified atom stereocenters. The zero-order valence-corrected chi connectivity index (χ0v) is 11.9. The van der Waals surface area contributed by atoms with Gasteiger partial charge in [0.15, 0.2) is 0 Å². The maximum atomic E-state index is 11.3. The fraction of sp³-hybridized carbons (Fsp3) is 0.133. The number of carbonyl (C=O) groups is 1. The number of primary amides is 1. The molecule has 0 radical (unpaired) electrons. The first-order chi connectivity index (χ1) is 9.06. The third-order valence-corrected chi connectivity index (χ3v) is 4.75. The minimum absolute atomic E-state index is 0.266. The summed E-state index contributed by atoms with van der Waals surface area (Å²) in [5.74, 6) is -0.568. The quantitative estimate of drug-likeness (QED) is 0.751. The summed E-state index contributed by atoms with van der Waals surface area (Å²) in [6.45, 7) is 1.83. The van der Waals surface area contributed by atoms with Gasteiger partial charge >= 0.3 is 0 Å². The Morgan fingerprint density at radius 3 is 2.68 bits per heavy atom. The second-order valence-corrected chi connectivity index (χ2v) is 6.14. The lowest BCUT2D eigenvalue weighted by atomic mass is 9.99. The predicted molar refractivity (Wildman–Crippen MR) is 82.0 cm³/mol. The number of carbonyl (C=O) groups excluding carboxylic acids is 1. The number of hydrogen-bond donors (Lipinski definition) is 1. The first-order valence-electron chi connectivity index (χ1n) is 5.97. The first-order valence-corrected chi connectivity index (χ1v) is 7.17. The van der Waals surface area contributed by atoms with Crippen molar-refractivity contribution in [3.63, 3.8) is 0 Å². The molecule has 3 aromatic rings. The SMILES string of the molecule is CC(C(N)=O)c1ccc2c(c1)sc1ccc(Cl)cc12. The summed E-state index contributed by atoms with van der Waals surface area (Å²) < 4.78 is 2.35. The molecule has 0 spiro atoms. The third kappa shape index (κ3) is 2.09. The van der Waals surface area contributed by atoms with Crippen LogP contribution in [0.15, 0.2) is 36.4 Å². The summed E-state index contributed by atoms with van der Waals surface area (Å²) in [4.78, 5) is 11.3. The standard InChI is InChI=1S/C15H12ClNOS/c1-8(15(17)18)9-2-4-11-12-7-10(16)3-5-13(12)19-14(11)6-9/h2-8H,1H3,(H2,17,18). The van der Waals surface area contributed by atoms with Gasteiger partial charge in [-0.1, -0.05) is 23.7 Å². The zero-order chi connectivity index (χ0) is 13.6. The van der Waals surface area contributed by atoms with Crippen molar-refractivity contribution in [3.05, 3.63) is 47.0 Å². The van der Waals surface area contributed by atoms with E-state index in [1.54, 1.807) is 11.3 Å². The van der Waals surface area contributed by atoms with Gasteiger partial charge in [-0.05, 0) is 36.8 Å². The molecule has 4 heteroatoms. The Kier molecular flexibility index (Phi) is 2.96. The number of benzene rings is 2. The van der Waals surface area contributed by atoms with Crippen molar-refractivity contribution in [2.75, 3.05) is 0 Å². The van der Waals surface area contributed by atoms with Crippen LogP contribution in [-0.2, 0) is 4.79 Å². The van der Waals surface area contributed by atoms with Gasteiger partial charge in [0.05, 0.1) is 5.92 Å². The molecule has 2 nitrogen and oxygen atoms in total. The first kappa shape index (κ1) is 12.5. The number of amides is 1. The summed E-state index contributed by atoms with van der Waals surface area (Å²) in [6, 6.07) is 12.0. The van der Waals surface area contributed by atoms with Gasteiger partial charge in [0.2, 0.25) is 5.91 Å². The van der Waals surface area contributed by atoms with E-state index in [-0.39, 0.29) is 11.8 Å². The monoisotopic (exact) mass is 289 g/mol. The molecule has 1 atom stereocenters. The molecule has 0 bridgehead atoms. The number of halogens is 1. The number of fused-ring (bicyclic) bond motifs is 3. The molecule has 19 heavy (non-hydrogen) atoms. The average Bonchev–Trinajstić information content (AvgIpc) is 2.74. The molecule has 1 amide bonds. The third-order valence-electron chi connectivity index (χ3n) is 3.38. The van der Waals surface area contributed by atoms with E-state index >= 15 is 0 Å². The van der Waals surface area contributed by atoms with Gasteiger partial charge in [-0.3, -0.25) is 4.79 Å². The van der Waals surface area contributed by atoms with Gasteiger partial charge in [0, 0.05) is 25.2 Å². The van der Waals surface area contributed by atoms with Gasteiger partial charge in [-0.15, -0.1) is 11.3 Å². The van der Waals surface area contributed by atoms with E-state index in [2.05, 4.69) is 0 Å². The number of hydrogen-bond acceptors (Lipinski definition) is 2. The van der Waals surface area contributed by atoms with Crippen molar-refractivity contribution < 1.29 is 4.79 Å². The molecule has 3 rings (SSSR count). The van der Waals surface area contributed by atoms with Crippen LogP contribution in [0.2, 0.25) is 5.02 Å². The number of rotatable bonds is 2. The van der Waals surface area contributed by atoms with Crippen LogP contribution in [0.25, 0.3) is 20.2 Å². The van der Waals surface area contributed by atoms with Crippen molar-refractivity contribution in [2.45, 2.75) is 12.8 Å². The second kappa shape index (κ2) is 4.51. The Morgan fingerprint density at radius 1 is 1.16 bits per heavy atom. The molecular formula is C15H12ClNOS. The molecule has 96 valence electrons. The molecule has 0 aliphatic carbocycles. The second-order valence-electron chi connectivity index (χ2n) is 4.62. The highest BCUT2D eigenvalue weighted by Gasteiger charge is 2.13. The molecule has 0 saturated carbocycles. The van der Waals surface area contributed by atoms with E-state index in [0.717, 1.165) is 20.7 Å². The maximum Gasteiger partial charge on any atom is 0.224 e. The summed E-state index contributed by atoms with van der Waals surface area (Å²) in [5, 5.41) is 3.07. The summed E-state index contributed by atoms with van der Waals surface area (Å²) >= 11 is 7.75. The van der Waals surface area contributed by atoms with Gasteiger partial charge in [-0.25, -0.2) is 0 Å². The average molecular weight is 290 g/mol. The van der Waals surface area contributed by atoms with Crippen LogP contribution in [0.1, 0.15) is 18.4 Å². The molecule has 2 N–H and O–H groups in total. The molecule has 0 aliphatic rings. The Bertz CT molecular complexity index is 793. The van der Waals surface area contributed by atoms with Crippen LogP contribution in [0.3, 0.4) is 0 Å². The fourth-order valence-corrected chi connectivity index (χ4v) is 3.51. The highest BCUT2D eigenvalue weighted by molar-refractivity contribution is 7.25. The molecular weight excluding hydrogens is 278 g/mol. The van der Waals surface area contributed by atoms with Crippen LogP contribution in [0, 0.1) is 0 Å². The van der Waals surface area contributed by atoms with E-state index in [1.165, 1.54) is 10.1 Å². The van der Waals surface area contributed by atoms with E-state index in [9.17, 15) is 4.79 Å². The summed E-state index contributed by atoms with van der Waals surface area (Å²) in [7, 11) is 0. The van der Waals surface area contributed by atoms with Gasteiger partial charge in [0.25, 0.3) is 0 Å². The maximum absolute atomic E-state index is 11.3. The van der Waals surface area contributed by atoms with Crippen LogP contribution in [0.5, 0.6) is 0 Å².